The van der Waals surface area contributed by atoms with Crippen molar-refractivity contribution in [3.63, 3.8) is 0 Å². The van der Waals surface area contributed by atoms with Crippen LogP contribution in [0, 0.1) is 0 Å². The fraction of sp³-hybridized carbons (Fsp3) is 0. The number of aliphatic hydroxyl groups is 1. The Bertz CT molecular complexity index is 678. The Labute approximate surface area is 101 Å². The summed E-state index contributed by atoms with van der Waals surface area (Å²) in [6.45, 7) is 0. The maximum atomic E-state index is 11.7. The molecule has 1 aliphatic carbocycles. The van der Waals surface area contributed by atoms with Gasteiger partial charge in [-0.15, -0.1) is 0 Å². The number of fused-ring (bicyclic) bond motifs is 2. The number of carbonyl (C=O) groups excluding carboxylic acids is 3. The lowest BCUT2D eigenvalue weighted by Crippen LogP contribution is -2.35. The van der Waals surface area contributed by atoms with Crippen LogP contribution >= 0.6 is 0 Å². The summed E-state index contributed by atoms with van der Waals surface area (Å²) in [5.41, 5.74) is 0.523. The number of allylic oxidation sites excluding steroid dienone is 2. The van der Waals surface area contributed by atoms with Gasteiger partial charge < -0.3 is 9.84 Å². The molecular formula is C13H6O5. The average molecular weight is 242 g/mol. The van der Waals surface area contributed by atoms with Crippen LogP contribution in [-0.4, -0.2) is 22.5 Å². The zero-order valence-electron chi connectivity index (χ0n) is 8.97. The standard InChI is InChI=1S/C13H6O5/c14-9-7-5-6-3-1-2-4-8(6)18-13(7)12(17)11(16)10(9)15/h1-5,17H. The van der Waals surface area contributed by atoms with Crippen LogP contribution in [0.2, 0.25) is 0 Å². The second-order valence-electron chi connectivity index (χ2n) is 3.86. The van der Waals surface area contributed by atoms with Gasteiger partial charge in [0.15, 0.2) is 5.76 Å². The maximum Gasteiger partial charge on any atom is 0.277 e. The van der Waals surface area contributed by atoms with E-state index < -0.39 is 23.1 Å². The van der Waals surface area contributed by atoms with Gasteiger partial charge in [-0.1, -0.05) is 18.2 Å². The topological polar surface area (TPSA) is 80.7 Å². The van der Waals surface area contributed by atoms with E-state index >= 15 is 0 Å². The Morgan fingerprint density at radius 2 is 1.67 bits per heavy atom. The van der Waals surface area contributed by atoms with Crippen LogP contribution in [0.1, 0.15) is 5.56 Å². The van der Waals surface area contributed by atoms with E-state index in [-0.39, 0.29) is 11.3 Å². The van der Waals surface area contributed by atoms with Crippen LogP contribution in [0.15, 0.2) is 41.4 Å². The summed E-state index contributed by atoms with van der Waals surface area (Å²) in [4.78, 5) is 34.3. The monoisotopic (exact) mass is 242 g/mol. The summed E-state index contributed by atoms with van der Waals surface area (Å²) in [6.07, 6.45) is 1.43. The van der Waals surface area contributed by atoms with Gasteiger partial charge in [-0.25, -0.2) is 0 Å². The number of ether oxygens (including phenoxy) is 1. The van der Waals surface area contributed by atoms with Crippen LogP contribution < -0.4 is 4.74 Å². The van der Waals surface area contributed by atoms with Crippen molar-refractivity contribution in [2.45, 2.75) is 0 Å². The highest BCUT2D eigenvalue weighted by molar-refractivity contribution is 6.71. The molecule has 0 saturated heterocycles. The fourth-order valence-electron chi connectivity index (χ4n) is 1.86. The van der Waals surface area contributed by atoms with E-state index in [0.717, 1.165) is 0 Å². The SMILES string of the molecule is O=C1C(=O)C2=Cc3ccccc3OC2=C(O)C1=O. The Balaban J connectivity index is 2.28. The number of carbonyl (C=O) groups is 3. The second-order valence-corrected chi connectivity index (χ2v) is 3.86. The third kappa shape index (κ3) is 1.24. The van der Waals surface area contributed by atoms with Crippen molar-refractivity contribution in [2.75, 3.05) is 0 Å². The van der Waals surface area contributed by atoms with Crippen molar-refractivity contribution in [1.29, 1.82) is 0 Å². The summed E-state index contributed by atoms with van der Waals surface area (Å²) < 4.78 is 5.30. The third-order valence-corrected chi connectivity index (χ3v) is 2.76. The first-order valence-electron chi connectivity index (χ1n) is 5.15. The molecule has 1 aromatic carbocycles. The number of para-hydroxylation sites is 1. The lowest BCUT2D eigenvalue weighted by Gasteiger charge is -2.22. The Hall–Kier alpha value is -2.69. The quantitative estimate of drug-likeness (QED) is 0.685. The molecule has 1 aliphatic heterocycles. The number of benzene rings is 1. The van der Waals surface area contributed by atoms with E-state index in [1.165, 1.54) is 6.08 Å². The van der Waals surface area contributed by atoms with E-state index in [1.807, 2.05) is 0 Å². The highest BCUT2D eigenvalue weighted by atomic mass is 16.5. The molecule has 5 nitrogen and oxygen atoms in total. The molecule has 1 N–H and O–H groups in total. The average Bonchev–Trinajstić information content (AvgIpc) is 2.41. The molecule has 0 amide bonds. The lowest BCUT2D eigenvalue weighted by molar-refractivity contribution is -0.143. The van der Waals surface area contributed by atoms with Gasteiger partial charge in [0, 0.05) is 5.56 Å². The van der Waals surface area contributed by atoms with Gasteiger partial charge in [0.05, 0.1) is 5.57 Å². The van der Waals surface area contributed by atoms with E-state index in [4.69, 9.17) is 4.74 Å². The van der Waals surface area contributed by atoms with Gasteiger partial charge >= 0.3 is 0 Å². The Morgan fingerprint density at radius 1 is 0.944 bits per heavy atom. The predicted octanol–water partition coefficient (Wildman–Crippen LogP) is 0.953. The smallest absolute Gasteiger partial charge is 0.277 e. The number of ketones is 3. The summed E-state index contributed by atoms with van der Waals surface area (Å²) in [5, 5.41) is 9.58. The molecule has 0 spiro atoms. The highest BCUT2D eigenvalue weighted by Crippen LogP contribution is 2.35. The first-order valence-corrected chi connectivity index (χ1v) is 5.15. The van der Waals surface area contributed by atoms with E-state index in [2.05, 4.69) is 0 Å². The predicted molar refractivity (Wildman–Crippen MR) is 59.7 cm³/mol. The minimum absolute atomic E-state index is 0.0872. The fourth-order valence-corrected chi connectivity index (χ4v) is 1.86. The van der Waals surface area contributed by atoms with Crippen molar-refractivity contribution in [2.24, 2.45) is 0 Å². The minimum atomic E-state index is -1.24. The summed E-state index contributed by atoms with van der Waals surface area (Å²) in [6, 6.07) is 6.79. The molecular weight excluding hydrogens is 236 g/mol. The van der Waals surface area contributed by atoms with Gasteiger partial charge in [-0.3, -0.25) is 14.4 Å². The molecule has 1 aromatic rings. The number of Topliss-reactive ketones (excluding diaryl/α,β-unsaturated/α-hetero) is 3. The zero-order chi connectivity index (χ0) is 12.9. The molecule has 3 rings (SSSR count). The zero-order valence-corrected chi connectivity index (χ0v) is 8.97. The molecule has 88 valence electrons. The van der Waals surface area contributed by atoms with Crippen molar-refractivity contribution in [1.82, 2.24) is 0 Å². The number of hydrogen-bond acceptors (Lipinski definition) is 5. The molecule has 0 unspecified atom stereocenters. The summed E-state index contributed by atoms with van der Waals surface area (Å²) >= 11 is 0. The highest BCUT2D eigenvalue weighted by Gasteiger charge is 2.41. The molecule has 2 aliphatic rings. The number of aliphatic hydroxyl groups excluding tert-OH is 1. The molecule has 5 heteroatoms. The van der Waals surface area contributed by atoms with Crippen molar-refractivity contribution >= 4 is 23.4 Å². The molecule has 0 atom stereocenters. The van der Waals surface area contributed by atoms with Crippen LogP contribution in [0.3, 0.4) is 0 Å². The van der Waals surface area contributed by atoms with Gasteiger partial charge in [0.2, 0.25) is 11.5 Å². The van der Waals surface area contributed by atoms with Gasteiger partial charge in [-0.2, -0.15) is 0 Å². The largest absolute Gasteiger partial charge is 0.501 e. The van der Waals surface area contributed by atoms with Crippen LogP contribution in [0.25, 0.3) is 6.08 Å². The van der Waals surface area contributed by atoms with Crippen LogP contribution in [0.4, 0.5) is 0 Å². The molecule has 0 bridgehead atoms. The Kier molecular flexibility index (Phi) is 1.98. The summed E-state index contributed by atoms with van der Waals surface area (Å²) in [5.74, 6) is -4.08. The normalized spacial score (nSPS) is 18.0. The van der Waals surface area contributed by atoms with Gasteiger partial charge in [0.25, 0.3) is 11.6 Å². The van der Waals surface area contributed by atoms with Crippen molar-refractivity contribution in [3.05, 3.63) is 46.9 Å². The maximum absolute atomic E-state index is 11.7. The van der Waals surface area contributed by atoms with Crippen LogP contribution in [0.5, 0.6) is 5.75 Å². The van der Waals surface area contributed by atoms with Gasteiger partial charge in [-0.05, 0) is 12.1 Å². The first-order chi connectivity index (χ1) is 8.59. The van der Waals surface area contributed by atoms with E-state index in [0.29, 0.717) is 11.3 Å². The second kappa shape index (κ2) is 3.40. The van der Waals surface area contributed by atoms with E-state index in [1.54, 1.807) is 24.3 Å². The minimum Gasteiger partial charge on any atom is -0.501 e. The molecule has 0 saturated carbocycles. The lowest BCUT2D eigenvalue weighted by atomic mass is 9.91. The molecule has 0 fully saturated rings. The first kappa shape index (κ1) is 10.5. The number of rotatable bonds is 0. The molecule has 1 heterocycles. The van der Waals surface area contributed by atoms with Crippen LogP contribution in [-0.2, 0) is 14.4 Å². The van der Waals surface area contributed by atoms with Gasteiger partial charge in [0.1, 0.15) is 5.75 Å². The molecule has 18 heavy (non-hydrogen) atoms. The van der Waals surface area contributed by atoms with Crippen molar-refractivity contribution < 1.29 is 24.2 Å². The third-order valence-electron chi connectivity index (χ3n) is 2.76. The van der Waals surface area contributed by atoms with E-state index in [9.17, 15) is 19.5 Å². The Morgan fingerprint density at radius 3 is 2.44 bits per heavy atom. The number of hydrogen-bond donors (Lipinski definition) is 1. The summed E-state index contributed by atoms with van der Waals surface area (Å²) in [7, 11) is 0. The molecule has 0 aromatic heterocycles. The van der Waals surface area contributed by atoms with Crippen molar-refractivity contribution in [3.8, 4) is 5.75 Å². The molecule has 0 radical (unpaired) electrons.